The van der Waals surface area contributed by atoms with Gasteiger partial charge in [0.15, 0.2) is 0 Å². The van der Waals surface area contributed by atoms with E-state index in [1.54, 1.807) is 0 Å². The summed E-state index contributed by atoms with van der Waals surface area (Å²) in [5.41, 5.74) is 0. The van der Waals surface area contributed by atoms with E-state index in [9.17, 15) is 0 Å². The lowest BCUT2D eigenvalue weighted by Crippen LogP contribution is -2.28. The highest BCUT2D eigenvalue weighted by Gasteiger charge is 2.22. The van der Waals surface area contributed by atoms with Crippen LogP contribution in [-0.2, 0) is 0 Å². The number of hydrogen-bond donors (Lipinski definition) is 2. The van der Waals surface area contributed by atoms with E-state index in [4.69, 9.17) is 5.11 Å². The molecule has 0 heterocycles. The lowest BCUT2D eigenvalue weighted by Gasteiger charge is -2.30. The van der Waals surface area contributed by atoms with Gasteiger partial charge in [-0.2, -0.15) is 0 Å². The van der Waals surface area contributed by atoms with E-state index in [1.807, 2.05) is 13.8 Å². The number of hydrogen-bond acceptors (Lipinski definition) is 2. The third kappa shape index (κ3) is 8.78. The van der Waals surface area contributed by atoms with Crippen LogP contribution in [0.4, 0.5) is 0 Å². The molecule has 98 valence electrons. The molecule has 1 aliphatic carbocycles. The maximum atomic E-state index is 7.33. The Hall–Kier alpha value is -0.500. The second kappa shape index (κ2) is 14.5. The third-order valence-electron chi connectivity index (χ3n) is 3.06. The number of rotatable bonds is 3. The SMILES string of the molecule is C=CO.CC.CCC1CCCCC1CNC. The van der Waals surface area contributed by atoms with Gasteiger partial charge in [-0.15, -0.1) is 0 Å². The van der Waals surface area contributed by atoms with Crippen LogP contribution in [0.5, 0.6) is 0 Å². The van der Waals surface area contributed by atoms with E-state index >= 15 is 0 Å². The summed E-state index contributed by atoms with van der Waals surface area (Å²) in [5, 5.41) is 10.6. The van der Waals surface area contributed by atoms with Crippen LogP contribution in [0.15, 0.2) is 12.8 Å². The van der Waals surface area contributed by atoms with E-state index in [-0.39, 0.29) is 0 Å². The standard InChI is InChI=1S/C10H21N.C2H4O.C2H6/c1-3-9-6-4-5-7-10(9)8-11-2;1-2-3;1-2/h9-11H,3-8H2,1-2H3;2-3H,1H2;1-2H3. The minimum Gasteiger partial charge on any atom is -0.516 e. The lowest BCUT2D eigenvalue weighted by molar-refractivity contribution is 0.227. The lowest BCUT2D eigenvalue weighted by atomic mass is 9.78. The van der Waals surface area contributed by atoms with Gasteiger partial charge in [0, 0.05) is 0 Å². The second-order valence-electron chi connectivity index (χ2n) is 3.95. The fourth-order valence-electron chi connectivity index (χ4n) is 2.35. The molecule has 0 saturated heterocycles. The molecule has 1 rings (SSSR count). The van der Waals surface area contributed by atoms with E-state index in [2.05, 4.69) is 25.9 Å². The molecule has 16 heavy (non-hydrogen) atoms. The Kier molecular flexibility index (Phi) is 16.2. The predicted octanol–water partition coefficient (Wildman–Crippen LogP) is 4.14. The molecule has 2 atom stereocenters. The van der Waals surface area contributed by atoms with Crippen molar-refractivity contribution in [2.24, 2.45) is 11.8 Å². The number of aliphatic hydroxyl groups is 1. The molecule has 0 amide bonds. The topological polar surface area (TPSA) is 32.3 Å². The van der Waals surface area contributed by atoms with Crippen molar-refractivity contribution in [1.82, 2.24) is 5.32 Å². The van der Waals surface area contributed by atoms with Crippen LogP contribution in [0, 0.1) is 11.8 Å². The Morgan fingerprint density at radius 3 is 2.06 bits per heavy atom. The van der Waals surface area contributed by atoms with E-state index in [1.165, 1.54) is 38.6 Å². The van der Waals surface area contributed by atoms with Crippen LogP contribution >= 0.6 is 0 Å². The van der Waals surface area contributed by atoms with Gasteiger partial charge in [0.1, 0.15) is 0 Å². The molecule has 2 N–H and O–H groups in total. The van der Waals surface area contributed by atoms with Crippen molar-refractivity contribution >= 4 is 0 Å². The Labute approximate surface area is 102 Å². The maximum Gasteiger partial charge on any atom is 0.0719 e. The summed E-state index contributed by atoms with van der Waals surface area (Å²) in [4.78, 5) is 0. The summed E-state index contributed by atoms with van der Waals surface area (Å²) in [6, 6.07) is 0. The zero-order valence-electron chi connectivity index (χ0n) is 11.6. The molecule has 2 unspecified atom stereocenters. The van der Waals surface area contributed by atoms with Crippen LogP contribution in [0.25, 0.3) is 0 Å². The van der Waals surface area contributed by atoms with Gasteiger partial charge in [-0.05, 0) is 31.8 Å². The smallest absolute Gasteiger partial charge is 0.0719 e. The fraction of sp³-hybridized carbons (Fsp3) is 0.857. The summed E-state index contributed by atoms with van der Waals surface area (Å²) in [6.45, 7) is 10.5. The van der Waals surface area contributed by atoms with Gasteiger partial charge >= 0.3 is 0 Å². The fourth-order valence-corrected chi connectivity index (χ4v) is 2.35. The van der Waals surface area contributed by atoms with Gasteiger partial charge in [-0.25, -0.2) is 0 Å². The number of nitrogens with one attached hydrogen (secondary N) is 1. The summed E-state index contributed by atoms with van der Waals surface area (Å²) < 4.78 is 0. The molecule has 0 aliphatic heterocycles. The summed E-state index contributed by atoms with van der Waals surface area (Å²) >= 11 is 0. The average molecular weight is 229 g/mol. The first-order valence-electron chi connectivity index (χ1n) is 6.69. The first-order valence-corrected chi connectivity index (χ1v) is 6.69. The normalized spacial score (nSPS) is 23.2. The average Bonchev–Trinajstić information content (AvgIpc) is 2.34. The molecule has 1 saturated carbocycles. The zero-order valence-corrected chi connectivity index (χ0v) is 11.6. The Morgan fingerprint density at radius 2 is 1.69 bits per heavy atom. The second-order valence-corrected chi connectivity index (χ2v) is 3.95. The molecule has 1 fully saturated rings. The Morgan fingerprint density at radius 1 is 1.25 bits per heavy atom. The van der Waals surface area contributed by atoms with Crippen molar-refractivity contribution in [1.29, 1.82) is 0 Å². The van der Waals surface area contributed by atoms with Crippen molar-refractivity contribution < 1.29 is 5.11 Å². The van der Waals surface area contributed by atoms with Gasteiger partial charge in [-0.1, -0.05) is 53.0 Å². The van der Waals surface area contributed by atoms with Crippen molar-refractivity contribution in [3.8, 4) is 0 Å². The van der Waals surface area contributed by atoms with Crippen LogP contribution in [0.3, 0.4) is 0 Å². The molecular formula is C14H31NO. The molecule has 0 bridgehead atoms. The highest BCUT2D eigenvalue weighted by Crippen LogP contribution is 2.31. The van der Waals surface area contributed by atoms with Gasteiger partial charge in [0.2, 0.25) is 0 Å². The zero-order chi connectivity index (χ0) is 12.8. The molecule has 0 aromatic rings. The molecule has 0 radical (unpaired) electrons. The van der Waals surface area contributed by atoms with Gasteiger partial charge < -0.3 is 10.4 Å². The van der Waals surface area contributed by atoms with Crippen LogP contribution in [0.1, 0.15) is 52.9 Å². The van der Waals surface area contributed by atoms with Crippen LogP contribution in [0.2, 0.25) is 0 Å². The number of aliphatic hydroxyl groups excluding tert-OH is 1. The van der Waals surface area contributed by atoms with Crippen LogP contribution < -0.4 is 5.32 Å². The summed E-state index contributed by atoms with van der Waals surface area (Å²) in [5.74, 6) is 1.98. The molecule has 2 heteroatoms. The summed E-state index contributed by atoms with van der Waals surface area (Å²) in [6.07, 6.45) is 8.00. The van der Waals surface area contributed by atoms with Gasteiger partial charge in [0.05, 0.1) is 6.26 Å². The third-order valence-corrected chi connectivity index (χ3v) is 3.06. The molecule has 0 aromatic heterocycles. The van der Waals surface area contributed by atoms with Gasteiger partial charge in [0.25, 0.3) is 0 Å². The summed E-state index contributed by atoms with van der Waals surface area (Å²) in [7, 11) is 2.07. The predicted molar refractivity (Wildman–Crippen MR) is 73.8 cm³/mol. The largest absolute Gasteiger partial charge is 0.516 e. The Bertz CT molecular complexity index is 135. The highest BCUT2D eigenvalue weighted by atomic mass is 16.2. The van der Waals surface area contributed by atoms with E-state index < -0.39 is 0 Å². The first kappa shape index (κ1) is 17.9. The Balaban J connectivity index is 0. The first-order chi connectivity index (χ1) is 7.79. The monoisotopic (exact) mass is 229 g/mol. The van der Waals surface area contributed by atoms with E-state index in [0.29, 0.717) is 0 Å². The molecule has 1 aliphatic rings. The van der Waals surface area contributed by atoms with Gasteiger partial charge in [-0.3, -0.25) is 0 Å². The van der Waals surface area contributed by atoms with Crippen molar-refractivity contribution in [3.05, 3.63) is 12.8 Å². The quantitative estimate of drug-likeness (QED) is 0.713. The molecule has 0 aromatic carbocycles. The van der Waals surface area contributed by atoms with Crippen LogP contribution in [-0.4, -0.2) is 18.7 Å². The van der Waals surface area contributed by atoms with Crippen molar-refractivity contribution in [2.45, 2.75) is 52.9 Å². The maximum absolute atomic E-state index is 7.33. The molecular weight excluding hydrogens is 198 g/mol. The van der Waals surface area contributed by atoms with Crippen molar-refractivity contribution in [2.75, 3.05) is 13.6 Å². The van der Waals surface area contributed by atoms with E-state index in [0.717, 1.165) is 18.1 Å². The van der Waals surface area contributed by atoms with Crippen molar-refractivity contribution in [3.63, 3.8) is 0 Å². The minimum absolute atomic E-state index is 0.750. The highest BCUT2D eigenvalue weighted by molar-refractivity contribution is 4.75. The minimum atomic E-state index is 0.750. The molecule has 2 nitrogen and oxygen atoms in total. The molecule has 0 spiro atoms.